The van der Waals surface area contributed by atoms with Gasteiger partial charge in [-0.1, -0.05) is 39.0 Å². The zero-order valence-corrected chi connectivity index (χ0v) is 14.8. The maximum Gasteiger partial charge on any atom is 0.261 e. The molecule has 0 aliphatic heterocycles. The minimum Gasteiger partial charge on any atom is -0.494 e. The van der Waals surface area contributed by atoms with Gasteiger partial charge >= 0.3 is 0 Å². The molecule has 0 bridgehead atoms. The van der Waals surface area contributed by atoms with Gasteiger partial charge in [0, 0.05) is 0 Å². The van der Waals surface area contributed by atoms with Crippen molar-refractivity contribution < 1.29 is 13.2 Å². The summed E-state index contributed by atoms with van der Waals surface area (Å²) in [4.78, 5) is 0.213. The van der Waals surface area contributed by atoms with Crippen molar-refractivity contribution in [1.29, 1.82) is 0 Å². The van der Waals surface area contributed by atoms with Crippen molar-refractivity contribution in [3.05, 3.63) is 54.1 Å². The quantitative estimate of drug-likeness (QED) is 0.893. The topological polar surface area (TPSA) is 55.4 Å². The van der Waals surface area contributed by atoms with E-state index in [0.717, 1.165) is 5.56 Å². The zero-order chi connectivity index (χ0) is 17.1. The molecule has 0 atom stereocenters. The van der Waals surface area contributed by atoms with Crippen molar-refractivity contribution in [2.75, 3.05) is 11.3 Å². The Morgan fingerprint density at radius 1 is 1.00 bits per heavy atom. The number of sulfonamides is 1. The molecule has 0 aromatic heterocycles. The predicted molar refractivity (Wildman–Crippen MR) is 93.6 cm³/mol. The minimum absolute atomic E-state index is 0.155. The summed E-state index contributed by atoms with van der Waals surface area (Å²) in [5.41, 5.74) is 1.40. The fourth-order valence-electron chi connectivity index (χ4n) is 2.31. The van der Waals surface area contributed by atoms with E-state index in [-0.39, 0.29) is 10.3 Å². The summed E-state index contributed by atoms with van der Waals surface area (Å²) in [6.07, 6.45) is 0. The average Bonchev–Trinajstić information content (AvgIpc) is 2.47. The number of ether oxygens (including phenoxy) is 1. The van der Waals surface area contributed by atoms with Crippen molar-refractivity contribution in [1.82, 2.24) is 0 Å². The molecule has 0 heterocycles. The van der Waals surface area contributed by atoms with Gasteiger partial charge in [0.15, 0.2) is 0 Å². The standard InChI is InChI=1S/C18H23NO3S/c1-5-22-14-10-12-15(13-11-14)23(20,21)19-17-9-7-6-8-16(17)18(2,3)4/h6-13,19H,5H2,1-4H3. The Morgan fingerprint density at radius 3 is 2.17 bits per heavy atom. The molecule has 23 heavy (non-hydrogen) atoms. The lowest BCUT2D eigenvalue weighted by Crippen LogP contribution is -2.19. The summed E-state index contributed by atoms with van der Waals surface area (Å²) in [6, 6.07) is 13.9. The molecule has 0 fully saturated rings. The lowest BCUT2D eigenvalue weighted by atomic mass is 9.86. The summed E-state index contributed by atoms with van der Waals surface area (Å²) in [5.74, 6) is 0.654. The third-order valence-corrected chi connectivity index (χ3v) is 4.81. The van der Waals surface area contributed by atoms with E-state index in [1.807, 2.05) is 25.1 Å². The molecule has 0 aliphatic carbocycles. The highest BCUT2D eigenvalue weighted by Crippen LogP contribution is 2.30. The number of para-hydroxylation sites is 1. The molecule has 2 rings (SSSR count). The number of anilines is 1. The Labute approximate surface area is 138 Å². The molecule has 1 N–H and O–H groups in total. The molecule has 0 spiro atoms. The largest absolute Gasteiger partial charge is 0.494 e. The zero-order valence-electron chi connectivity index (χ0n) is 14.0. The van der Waals surface area contributed by atoms with E-state index in [1.165, 1.54) is 0 Å². The van der Waals surface area contributed by atoms with Crippen molar-refractivity contribution in [3.8, 4) is 5.75 Å². The molecular weight excluding hydrogens is 310 g/mol. The Kier molecular flexibility index (Phi) is 5.00. The summed E-state index contributed by atoms with van der Waals surface area (Å²) < 4.78 is 33.2. The average molecular weight is 333 g/mol. The van der Waals surface area contributed by atoms with E-state index in [2.05, 4.69) is 25.5 Å². The van der Waals surface area contributed by atoms with Crippen molar-refractivity contribution >= 4 is 15.7 Å². The number of nitrogens with one attached hydrogen (secondary N) is 1. The Balaban J connectivity index is 2.32. The van der Waals surface area contributed by atoms with Gasteiger partial charge in [-0.25, -0.2) is 8.42 Å². The molecule has 0 unspecified atom stereocenters. The SMILES string of the molecule is CCOc1ccc(S(=O)(=O)Nc2ccccc2C(C)(C)C)cc1. The first-order chi connectivity index (χ1) is 10.7. The van der Waals surface area contributed by atoms with Gasteiger partial charge in [0.05, 0.1) is 17.2 Å². The molecule has 0 saturated heterocycles. The lowest BCUT2D eigenvalue weighted by Gasteiger charge is -2.23. The number of rotatable bonds is 5. The second-order valence-electron chi connectivity index (χ2n) is 6.31. The van der Waals surface area contributed by atoms with Crippen LogP contribution in [0.1, 0.15) is 33.3 Å². The van der Waals surface area contributed by atoms with E-state index in [9.17, 15) is 8.42 Å². The minimum atomic E-state index is -3.63. The Hall–Kier alpha value is -2.01. The van der Waals surface area contributed by atoms with E-state index < -0.39 is 10.0 Å². The first-order valence-electron chi connectivity index (χ1n) is 7.59. The van der Waals surface area contributed by atoms with Crippen LogP contribution in [0.15, 0.2) is 53.4 Å². The van der Waals surface area contributed by atoms with Gasteiger partial charge < -0.3 is 4.74 Å². The van der Waals surface area contributed by atoms with Crippen LogP contribution in [0.25, 0.3) is 0 Å². The third-order valence-electron chi connectivity index (χ3n) is 3.42. The van der Waals surface area contributed by atoms with E-state index in [4.69, 9.17) is 4.74 Å². The van der Waals surface area contributed by atoms with Gasteiger partial charge in [0.1, 0.15) is 5.75 Å². The van der Waals surface area contributed by atoms with Crippen LogP contribution in [0.3, 0.4) is 0 Å². The second-order valence-corrected chi connectivity index (χ2v) is 7.99. The smallest absolute Gasteiger partial charge is 0.261 e. The monoisotopic (exact) mass is 333 g/mol. The van der Waals surface area contributed by atoms with E-state index in [0.29, 0.717) is 18.0 Å². The fraction of sp³-hybridized carbons (Fsp3) is 0.333. The van der Waals surface area contributed by atoms with Crippen LogP contribution in [0.4, 0.5) is 5.69 Å². The predicted octanol–water partition coefficient (Wildman–Crippen LogP) is 4.18. The molecule has 5 heteroatoms. The summed E-state index contributed by atoms with van der Waals surface area (Å²) in [7, 11) is -3.63. The van der Waals surface area contributed by atoms with Crippen LogP contribution < -0.4 is 9.46 Å². The van der Waals surface area contributed by atoms with Gasteiger partial charge in [0.25, 0.3) is 10.0 Å². The molecule has 2 aromatic carbocycles. The van der Waals surface area contributed by atoms with Crippen LogP contribution in [-0.4, -0.2) is 15.0 Å². The van der Waals surface area contributed by atoms with E-state index >= 15 is 0 Å². The van der Waals surface area contributed by atoms with Crippen LogP contribution in [0, 0.1) is 0 Å². The molecule has 0 aliphatic rings. The molecule has 4 nitrogen and oxygen atoms in total. The van der Waals surface area contributed by atoms with Crippen LogP contribution >= 0.6 is 0 Å². The first kappa shape index (κ1) is 17.3. The summed E-state index contributed by atoms with van der Waals surface area (Å²) in [6.45, 7) is 8.59. The molecule has 0 amide bonds. The van der Waals surface area contributed by atoms with Gasteiger partial charge in [0.2, 0.25) is 0 Å². The van der Waals surface area contributed by atoms with Gasteiger partial charge in [-0.05, 0) is 48.2 Å². The second kappa shape index (κ2) is 6.62. The van der Waals surface area contributed by atoms with Gasteiger partial charge in [-0.15, -0.1) is 0 Å². The highest BCUT2D eigenvalue weighted by atomic mass is 32.2. The summed E-state index contributed by atoms with van der Waals surface area (Å²) >= 11 is 0. The lowest BCUT2D eigenvalue weighted by molar-refractivity contribution is 0.340. The number of benzene rings is 2. The van der Waals surface area contributed by atoms with Crippen molar-refractivity contribution in [3.63, 3.8) is 0 Å². The Bertz CT molecular complexity index is 760. The number of hydrogen-bond donors (Lipinski definition) is 1. The van der Waals surface area contributed by atoms with Crippen LogP contribution in [0.2, 0.25) is 0 Å². The maximum atomic E-state index is 12.6. The third kappa shape index (κ3) is 4.26. The number of hydrogen-bond acceptors (Lipinski definition) is 3. The van der Waals surface area contributed by atoms with Crippen LogP contribution in [0.5, 0.6) is 5.75 Å². The molecule has 124 valence electrons. The Morgan fingerprint density at radius 2 is 1.61 bits per heavy atom. The molecule has 0 radical (unpaired) electrons. The van der Waals surface area contributed by atoms with Gasteiger partial charge in [-0.2, -0.15) is 0 Å². The van der Waals surface area contributed by atoms with Crippen LogP contribution in [-0.2, 0) is 15.4 Å². The molecule has 0 saturated carbocycles. The van der Waals surface area contributed by atoms with Crippen molar-refractivity contribution in [2.45, 2.75) is 38.0 Å². The van der Waals surface area contributed by atoms with Gasteiger partial charge in [-0.3, -0.25) is 4.72 Å². The highest BCUT2D eigenvalue weighted by Gasteiger charge is 2.21. The van der Waals surface area contributed by atoms with Crippen molar-refractivity contribution in [2.24, 2.45) is 0 Å². The highest BCUT2D eigenvalue weighted by molar-refractivity contribution is 7.92. The maximum absolute atomic E-state index is 12.6. The summed E-state index contributed by atoms with van der Waals surface area (Å²) in [5, 5.41) is 0. The molecule has 2 aromatic rings. The normalized spacial score (nSPS) is 12.0. The first-order valence-corrected chi connectivity index (χ1v) is 9.07. The molecular formula is C18H23NO3S. The fourth-order valence-corrected chi connectivity index (χ4v) is 3.39. The van der Waals surface area contributed by atoms with E-state index in [1.54, 1.807) is 30.3 Å².